The Morgan fingerprint density at radius 1 is 1.19 bits per heavy atom. The zero-order chi connectivity index (χ0) is 18.4. The summed E-state index contributed by atoms with van der Waals surface area (Å²) in [5, 5.41) is 2.93. The molecule has 26 heavy (non-hydrogen) atoms. The minimum Gasteiger partial charge on any atom is -0.329 e. The molecule has 0 aliphatic rings. The van der Waals surface area contributed by atoms with Crippen LogP contribution in [-0.4, -0.2) is 20.8 Å². The number of halogens is 1. The Morgan fingerprint density at radius 2 is 2.00 bits per heavy atom. The molecule has 0 saturated carbocycles. The number of pyridine rings is 1. The van der Waals surface area contributed by atoms with Crippen molar-refractivity contribution in [3.05, 3.63) is 86.5 Å². The first kappa shape index (κ1) is 18.5. The molecule has 0 fully saturated rings. The molecule has 3 rings (SSSR count). The van der Waals surface area contributed by atoms with Crippen LogP contribution in [0.4, 0.5) is 0 Å². The van der Waals surface area contributed by atoms with Crippen LogP contribution in [0.3, 0.4) is 0 Å². The second-order valence-electron chi connectivity index (χ2n) is 5.77. The summed E-state index contributed by atoms with van der Waals surface area (Å²) in [6.07, 6.45) is 5.08. The van der Waals surface area contributed by atoms with Crippen molar-refractivity contribution in [2.24, 2.45) is 0 Å². The van der Waals surface area contributed by atoms with Crippen molar-refractivity contribution in [3.8, 4) is 0 Å². The first-order valence-corrected chi connectivity index (χ1v) is 9.81. The Labute approximate surface area is 165 Å². The molecule has 132 valence electrons. The average Bonchev–Trinajstić information content (AvgIpc) is 3.07. The molecule has 0 aliphatic heterocycles. The fourth-order valence-corrected chi connectivity index (χ4v) is 3.27. The third kappa shape index (κ3) is 5.34. The van der Waals surface area contributed by atoms with Crippen molar-refractivity contribution in [2.75, 3.05) is 0 Å². The maximum atomic E-state index is 12.8. The van der Waals surface area contributed by atoms with Crippen molar-refractivity contribution in [3.63, 3.8) is 0 Å². The minimum absolute atomic E-state index is 0.0655. The van der Waals surface area contributed by atoms with Crippen LogP contribution in [0.1, 0.15) is 22.0 Å². The van der Waals surface area contributed by atoms with Gasteiger partial charge in [0.05, 0.1) is 22.9 Å². The molecule has 0 bridgehead atoms. The van der Waals surface area contributed by atoms with Gasteiger partial charge in [-0.25, -0.2) is 4.98 Å². The molecule has 1 amide bonds. The summed E-state index contributed by atoms with van der Waals surface area (Å²) >= 11 is 5.01. The van der Waals surface area contributed by atoms with E-state index in [1.807, 2.05) is 54.8 Å². The maximum Gasteiger partial charge on any atom is 0.247 e. The number of thiazole rings is 1. The van der Waals surface area contributed by atoms with E-state index >= 15 is 0 Å². The molecule has 0 radical (unpaired) electrons. The molecule has 0 N–H and O–H groups in total. The highest BCUT2D eigenvalue weighted by Crippen LogP contribution is 2.15. The Morgan fingerprint density at radius 3 is 2.65 bits per heavy atom. The maximum absolute atomic E-state index is 12.8. The molecule has 0 unspecified atom stereocenters. The lowest BCUT2D eigenvalue weighted by Crippen LogP contribution is -2.28. The van der Waals surface area contributed by atoms with Gasteiger partial charge in [-0.2, -0.15) is 0 Å². The number of benzene rings is 1. The summed E-state index contributed by atoms with van der Waals surface area (Å²) in [5.74, 6) is -0.0655. The van der Waals surface area contributed by atoms with Crippen molar-refractivity contribution in [1.29, 1.82) is 0 Å². The monoisotopic (exact) mass is 427 g/mol. The van der Waals surface area contributed by atoms with E-state index in [4.69, 9.17) is 0 Å². The van der Waals surface area contributed by atoms with Crippen LogP contribution in [0.5, 0.6) is 0 Å². The van der Waals surface area contributed by atoms with E-state index in [2.05, 4.69) is 25.9 Å². The van der Waals surface area contributed by atoms with Gasteiger partial charge >= 0.3 is 0 Å². The second-order valence-corrected chi connectivity index (χ2v) is 7.74. The summed E-state index contributed by atoms with van der Waals surface area (Å²) in [6.45, 7) is 2.92. The number of aromatic nitrogens is 2. The number of nitrogens with zero attached hydrogens (tertiary/aromatic N) is 3. The van der Waals surface area contributed by atoms with Crippen molar-refractivity contribution in [1.82, 2.24) is 14.9 Å². The zero-order valence-electron chi connectivity index (χ0n) is 14.3. The third-order valence-corrected chi connectivity index (χ3v) is 5.03. The molecule has 2 aromatic heterocycles. The predicted octanol–water partition coefficient (Wildman–Crippen LogP) is 4.85. The number of carbonyl (C=O) groups excluding carboxylic acids is 1. The number of hydrogen-bond acceptors (Lipinski definition) is 4. The van der Waals surface area contributed by atoms with Crippen molar-refractivity contribution >= 4 is 39.2 Å². The quantitative estimate of drug-likeness (QED) is 0.528. The standard InChI is InChI=1S/C20H18BrN3OS/c1-15-23-19(14-26-15)9-10-20(25)24(13-18-4-2-3-11-22-18)12-16-5-7-17(21)8-6-16/h2-11,14H,12-13H2,1H3. The van der Waals surface area contributed by atoms with E-state index in [-0.39, 0.29) is 5.91 Å². The average molecular weight is 428 g/mol. The van der Waals surface area contributed by atoms with Gasteiger partial charge in [0.1, 0.15) is 0 Å². The molecule has 3 aromatic rings. The minimum atomic E-state index is -0.0655. The van der Waals surface area contributed by atoms with E-state index in [0.717, 1.165) is 26.4 Å². The van der Waals surface area contributed by atoms with Gasteiger partial charge < -0.3 is 4.90 Å². The number of aryl methyl sites for hydroxylation is 1. The molecule has 4 nitrogen and oxygen atoms in total. The molecule has 6 heteroatoms. The van der Waals surface area contributed by atoms with Crippen LogP contribution in [0.2, 0.25) is 0 Å². The fraction of sp³-hybridized carbons (Fsp3) is 0.150. The highest BCUT2D eigenvalue weighted by molar-refractivity contribution is 9.10. The molecule has 0 atom stereocenters. The van der Waals surface area contributed by atoms with Gasteiger partial charge in [-0.05, 0) is 42.8 Å². The predicted molar refractivity (Wildman–Crippen MR) is 109 cm³/mol. The first-order valence-electron chi connectivity index (χ1n) is 8.13. The van der Waals surface area contributed by atoms with Crippen LogP contribution >= 0.6 is 27.3 Å². The fourth-order valence-electron chi connectivity index (χ4n) is 2.43. The summed E-state index contributed by atoms with van der Waals surface area (Å²) in [6, 6.07) is 13.7. The first-order chi connectivity index (χ1) is 12.6. The van der Waals surface area contributed by atoms with Gasteiger partial charge in [0.25, 0.3) is 0 Å². The van der Waals surface area contributed by atoms with E-state index in [1.54, 1.807) is 34.6 Å². The smallest absolute Gasteiger partial charge is 0.247 e. The van der Waals surface area contributed by atoms with Crippen molar-refractivity contribution in [2.45, 2.75) is 20.0 Å². The molecular formula is C20H18BrN3OS. The van der Waals surface area contributed by atoms with Gasteiger partial charge in [0.15, 0.2) is 0 Å². The van der Waals surface area contributed by atoms with E-state index in [9.17, 15) is 4.79 Å². The van der Waals surface area contributed by atoms with Gasteiger partial charge in [-0.1, -0.05) is 34.1 Å². The topological polar surface area (TPSA) is 46.1 Å². The highest BCUT2D eigenvalue weighted by atomic mass is 79.9. The summed E-state index contributed by atoms with van der Waals surface area (Å²) < 4.78 is 1.02. The van der Waals surface area contributed by atoms with Gasteiger partial charge in [0.2, 0.25) is 5.91 Å². The van der Waals surface area contributed by atoms with Gasteiger partial charge in [-0.15, -0.1) is 11.3 Å². The lowest BCUT2D eigenvalue weighted by atomic mass is 10.2. The Balaban J connectivity index is 1.77. The Kier molecular flexibility index (Phi) is 6.30. The molecule has 0 saturated heterocycles. The number of amides is 1. The normalized spacial score (nSPS) is 11.0. The Bertz CT molecular complexity index is 891. The third-order valence-electron chi connectivity index (χ3n) is 3.71. The number of rotatable bonds is 6. The molecule has 0 aliphatic carbocycles. The van der Waals surface area contributed by atoms with Crippen LogP contribution < -0.4 is 0 Å². The molecule has 2 heterocycles. The van der Waals surface area contributed by atoms with Gasteiger partial charge in [0, 0.05) is 28.7 Å². The highest BCUT2D eigenvalue weighted by Gasteiger charge is 2.13. The van der Waals surface area contributed by atoms with Crippen LogP contribution in [-0.2, 0) is 17.9 Å². The number of hydrogen-bond donors (Lipinski definition) is 0. The SMILES string of the molecule is Cc1nc(C=CC(=O)N(Cc2ccc(Br)cc2)Cc2ccccn2)cs1. The van der Waals surface area contributed by atoms with Crippen LogP contribution in [0.25, 0.3) is 6.08 Å². The van der Waals surface area contributed by atoms with Crippen LogP contribution in [0, 0.1) is 6.92 Å². The van der Waals surface area contributed by atoms with E-state index in [1.165, 1.54) is 0 Å². The lowest BCUT2D eigenvalue weighted by molar-refractivity contribution is -0.127. The second kappa shape index (κ2) is 8.87. The zero-order valence-corrected chi connectivity index (χ0v) is 16.7. The largest absolute Gasteiger partial charge is 0.329 e. The molecular weight excluding hydrogens is 410 g/mol. The molecule has 1 aromatic carbocycles. The van der Waals surface area contributed by atoms with E-state index < -0.39 is 0 Å². The van der Waals surface area contributed by atoms with E-state index in [0.29, 0.717) is 13.1 Å². The summed E-state index contributed by atoms with van der Waals surface area (Å²) in [7, 11) is 0. The lowest BCUT2D eigenvalue weighted by Gasteiger charge is -2.21. The summed E-state index contributed by atoms with van der Waals surface area (Å²) in [5.41, 5.74) is 2.73. The van der Waals surface area contributed by atoms with Crippen LogP contribution in [0.15, 0.2) is 64.6 Å². The molecule has 0 spiro atoms. The number of carbonyl (C=O) groups is 1. The van der Waals surface area contributed by atoms with Crippen molar-refractivity contribution < 1.29 is 4.79 Å². The van der Waals surface area contributed by atoms with Gasteiger partial charge in [-0.3, -0.25) is 9.78 Å². The Hall–Kier alpha value is -2.31. The summed E-state index contributed by atoms with van der Waals surface area (Å²) in [4.78, 5) is 23.3.